The molecule has 0 spiro atoms. The molecule has 1 aliphatic carbocycles. The lowest BCUT2D eigenvalue weighted by Crippen LogP contribution is -2.56. The zero-order valence-electron chi connectivity index (χ0n) is 11.4. The maximum absolute atomic E-state index is 4.62. The van der Waals surface area contributed by atoms with Crippen LogP contribution in [-0.4, -0.2) is 35.1 Å². The molecule has 0 unspecified atom stereocenters. The smallest absolute Gasteiger partial charge is 0.0959 e. The van der Waals surface area contributed by atoms with Crippen molar-refractivity contribution >= 4 is 11.3 Å². The van der Waals surface area contributed by atoms with Crippen LogP contribution in [0.5, 0.6) is 0 Å². The van der Waals surface area contributed by atoms with Gasteiger partial charge in [-0.2, -0.15) is 0 Å². The predicted octanol–water partition coefficient (Wildman–Crippen LogP) is 2.59. The van der Waals surface area contributed by atoms with Gasteiger partial charge in [0.15, 0.2) is 0 Å². The van der Waals surface area contributed by atoms with Crippen LogP contribution < -0.4 is 5.32 Å². The first-order valence-electron chi connectivity index (χ1n) is 7.04. The molecular formula is C14H23N3S. The fraction of sp³-hybridized carbons (Fsp3) is 0.786. The molecule has 1 N–H and O–H groups in total. The summed E-state index contributed by atoms with van der Waals surface area (Å²) in [5.41, 5.74) is 0.250. The van der Waals surface area contributed by atoms with Crippen molar-refractivity contribution < 1.29 is 0 Å². The summed E-state index contributed by atoms with van der Waals surface area (Å²) in [5.74, 6) is 0.781. The van der Waals surface area contributed by atoms with E-state index in [1.54, 1.807) is 0 Å². The molecular weight excluding hydrogens is 242 g/mol. The van der Waals surface area contributed by atoms with E-state index in [-0.39, 0.29) is 5.54 Å². The van der Waals surface area contributed by atoms with Crippen LogP contribution in [0, 0.1) is 0 Å². The summed E-state index contributed by atoms with van der Waals surface area (Å²) in [5, 5.41) is 4.94. The Bertz CT molecular complexity index is 409. The Hall–Kier alpha value is -0.450. The topological polar surface area (TPSA) is 28.2 Å². The molecule has 3 nitrogen and oxygen atoms in total. The van der Waals surface area contributed by atoms with Gasteiger partial charge in [0.1, 0.15) is 0 Å². The van der Waals surface area contributed by atoms with E-state index in [1.807, 2.05) is 11.3 Å². The van der Waals surface area contributed by atoms with Gasteiger partial charge in [-0.05, 0) is 26.7 Å². The van der Waals surface area contributed by atoms with E-state index in [9.17, 15) is 0 Å². The van der Waals surface area contributed by atoms with Crippen molar-refractivity contribution in [2.24, 2.45) is 0 Å². The lowest BCUT2D eigenvalue weighted by Gasteiger charge is -2.38. The SMILES string of the molecule is CC1(C)CN(Cc2cnc(C3CCC3)s2)CCN1. The van der Waals surface area contributed by atoms with Gasteiger partial charge in [-0.15, -0.1) is 11.3 Å². The molecule has 100 valence electrons. The summed E-state index contributed by atoms with van der Waals surface area (Å²) >= 11 is 1.94. The van der Waals surface area contributed by atoms with Crippen molar-refractivity contribution in [3.05, 3.63) is 16.1 Å². The first-order valence-corrected chi connectivity index (χ1v) is 7.86. The molecule has 1 aromatic rings. The monoisotopic (exact) mass is 265 g/mol. The zero-order valence-corrected chi connectivity index (χ0v) is 12.2. The minimum Gasteiger partial charge on any atom is -0.309 e. The molecule has 2 fully saturated rings. The molecule has 0 atom stereocenters. The number of nitrogens with zero attached hydrogens (tertiary/aromatic N) is 2. The quantitative estimate of drug-likeness (QED) is 0.910. The summed E-state index contributed by atoms with van der Waals surface area (Å²) in [7, 11) is 0. The summed E-state index contributed by atoms with van der Waals surface area (Å²) in [6.45, 7) is 9.03. The van der Waals surface area contributed by atoms with E-state index in [2.05, 4.69) is 35.2 Å². The molecule has 0 bridgehead atoms. The van der Waals surface area contributed by atoms with Crippen LogP contribution in [0.1, 0.15) is 48.9 Å². The molecule has 3 rings (SSSR count). The van der Waals surface area contributed by atoms with E-state index in [0.29, 0.717) is 0 Å². The molecule has 1 saturated heterocycles. The highest BCUT2D eigenvalue weighted by atomic mass is 32.1. The van der Waals surface area contributed by atoms with Crippen molar-refractivity contribution in [2.75, 3.05) is 19.6 Å². The summed E-state index contributed by atoms with van der Waals surface area (Å²) in [6, 6.07) is 0. The molecule has 18 heavy (non-hydrogen) atoms. The van der Waals surface area contributed by atoms with Crippen LogP contribution in [0.3, 0.4) is 0 Å². The third-order valence-electron chi connectivity index (χ3n) is 4.06. The molecule has 1 aromatic heterocycles. The van der Waals surface area contributed by atoms with Gasteiger partial charge in [-0.25, -0.2) is 4.98 Å². The average molecular weight is 265 g/mol. The van der Waals surface area contributed by atoms with Gasteiger partial charge in [0, 0.05) is 48.7 Å². The lowest BCUT2D eigenvalue weighted by molar-refractivity contribution is 0.149. The van der Waals surface area contributed by atoms with Gasteiger partial charge in [-0.3, -0.25) is 4.90 Å². The Morgan fingerprint density at radius 1 is 1.50 bits per heavy atom. The van der Waals surface area contributed by atoms with Gasteiger partial charge >= 0.3 is 0 Å². The van der Waals surface area contributed by atoms with Gasteiger partial charge < -0.3 is 5.32 Å². The number of aromatic nitrogens is 1. The lowest BCUT2D eigenvalue weighted by atomic mass is 9.86. The number of nitrogens with one attached hydrogen (secondary N) is 1. The highest BCUT2D eigenvalue weighted by Gasteiger charge is 2.27. The summed E-state index contributed by atoms with van der Waals surface area (Å²) in [4.78, 5) is 8.61. The average Bonchev–Trinajstić information content (AvgIpc) is 2.62. The fourth-order valence-electron chi connectivity index (χ4n) is 2.84. The second-order valence-electron chi connectivity index (χ2n) is 6.31. The molecule has 2 aliphatic rings. The number of hydrogen-bond donors (Lipinski definition) is 1. The minimum atomic E-state index is 0.250. The van der Waals surface area contributed by atoms with Gasteiger partial charge in [0.2, 0.25) is 0 Å². The molecule has 0 aromatic carbocycles. The van der Waals surface area contributed by atoms with Crippen molar-refractivity contribution in [1.29, 1.82) is 0 Å². The molecule has 1 saturated carbocycles. The number of rotatable bonds is 3. The Labute approximate surface area is 114 Å². The largest absolute Gasteiger partial charge is 0.309 e. The second kappa shape index (κ2) is 4.91. The maximum Gasteiger partial charge on any atom is 0.0959 e. The van der Waals surface area contributed by atoms with E-state index >= 15 is 0 Å². The number of piperazine rings is 1. The molecule has 0 radical (unpaired) electrons. The Balaban J connectivity index is 1.60. The first kappa shape index (κ1) is 12.6. The van der Waals surface area contributed by atoms with Gasteiger partial charge in [0.25, 0.3) is 0 Å². The molecule has 0 amide bonds. The molecule has 4 heteroatoms. The summed E-state index contributed by atoms with van der Waals surface area (Å²) in [6.07, 6.45) is 6.21. The Morgan fingerprint density at radius 3 is 3.00 bits per heavy atom. The van der Waals surface area contributed by atoms with E-state index in [4.69, 9.17) is 0 Å². The van der Waals surface area contributed by atoms with Crippen molar-refractivity contribution in [3.63, 3.8) is 0 Å². The van der Waals surface area contributed by atoms with Crippen LogP contribution in [0.25, 0.3) is 0 Å². The highest BCUT2D eigenvalue weighted by Crippen LogP contribution is 2.38. The van der Waals surface area contributed by atoms with Crippen LogP contribution in [0.15, 0.2) is 6.20 Å². The third kappa shape index (κ3) is 2.76. The van der Waals surface area contributed by atoms with Crippen LogP contribution in [0.4, 0.5) is 0 Å². The Kier molecular flexibility index (Phi) is 3.43. The minimum absolute atomic E-state index is 0.250. The van der Waals surface area contributed by atoms with Crippen LogP contribution in [-0.2, 0) is 6.54 Å². The predicted molar refractivity (Wildman–Crippen MR) is 76.1 cm³/mol. The summed E-state index contributed by atoms with van der Waals surface area (Å²) < 4.78 is 0. The fourth-order valence-corrected chi connectivity index (χ4v) is 3.97. The molecule has 2 heterocycles. The van der Waals surface area contributed by atoms with Crippen LogP contribution in [0.2, 0.25) is 0 Å². The molecule has 1 aliphatic heterocycles. The van der Waals surface area contributed by atoms with Crippen molar-refractivity contribution in [3.8, 4) is 0 Å². The van der Waals surface area contributed by atoms with E-state index in [0.717, 1.165) is 32.1 Å². The van der Waals surface area contributed by atoms with Crippen molar-refractivity contribution in [2.45, 2.75) is 51.1 Å². The maximum atomic E-state index is 4.62. The van der Waals surface area contributed by atoms with E-state index in [1.165, 1.54) is 29.1 Å². The second-order valence-corrected chi connectivity index (χ2v) is 7.46. The first-order chi connectivity index (χ1) is 8.62. The van der Waals surface area contributed by atoms with Gasteiger partial charge in [-0.1, -0.05) is 6.42 Å². The highest BCUT2D eigenvalue weighted by molar-refractivity contribution is 7.11. The normalized spacial score (nSPS) is 25.0. The van der Waals surface area contributed by atoms with Crippen LogP contribution >= 0.6 is 11.3 Å². The van der Waals surface area contributed by atoms with Crippen molar-refractivity contribution in [1.82, 2.24) is 15.2 Å². The standard InChI is InChI=1S/C14H23N3S/c1-14(2)10-17(7-6-16-14)9-12-8-15-13(18-12)11-4-3-5-11/h8,11,16H,3-7,9-10H2,1-2H3. The number of thiazole rings is 1. The van der Waals surface area contributed by atoms with E-state index < -0.39 is 0 Å². The zero-order chi connectivity index (χ0) is 12.6. The number of hydrogen-bond acceptors (Lipinski definition) is 4. The van der Waals surface area contributed by atoms with Gasteiger partial charge in [0.05, 0.1) is 5.01 Å². The third-order valence-corrected chi connectivity index (χ3v) is 5.20. The Morgan fingerprint density at radius 2 is 2.33 bits per heavy atom.